The van der Waals surface area contributed by atoms with E-state index in [4.69, 9.17) is 0 Å². The first kappa shape index (κ1) is 17.6. The molecule has 0 bridgehead atoms. The number of benzene rings is 2. The van der Waals surface area contributed by atoms with Gasteiger partial charge in [0.15, 0.2) is 9.84 Å². The van der Waals surface area contributed by atoms with Crippen LogP contribution < -0.4 is 5.32 Å². The first-order valence-electron chi connectivity index (χ1n) is 7.24. The van der Waals surface area contributed by atoms with Gasteiger partial charge in [-0.15, -0.1) is 0 Å². The molecule has 2 aromatic rings. The number of hydrogen-bond donors (Lipinski definition) is 1. The van der Waals surface area contributed by atoms with Gasteiger partial charge >= 0.3 is 0 Å². The molecule has 0 radical (unpaired) electrons. The zero-order valence-electron chi connectivity index (χ0n) is 12.6. The second kappa shape index (κ2) is 8.74. The second-order valence-electron chi connectivity index (χ2n) is 4.95. The molecule has 2 rings (SSSR count). The SMILES string of the molecule is O=C(CSCCS(=O)(=O)c1ccccc1)NCc1ccccc1. The van der Waals surface area contributed by atoms with Gasteiger partial charge in [0.05, 0.1) is 16.4 Å². The smallest absolute Gasteiger partial charge is 0.230 e. The number of carbonyl (C=O) groups excluding carboxylic acids is 1. The van der Waals surface area contributed by atoms with E-state index < -0.39 is 9.84 Å². The van der Waals surface area contributed by atoms with E-state index in [9.17, 15) is 13.2 Å². The third-order valence-corrected chi connectivity index (χ3v) is 6.11. The summed E-state index contributed by atoms with van der Waals surface area (Å²) >= 11 is 1.33. The Morgan fingerprint density at radius 2 is 1.57 bits per heavy atom. The number of carbonyl (C=O) groups is 1. The molecule has 0 heterocycles. The Morgan fingerprint density at radius 1 is 0.957 bits per heavy atom. The summed E-state index contributed by atoms with van der Waals surface area (Å²) in [5, 5.41) is 2.82. The zero-order valence-corrected chi connectivity index (χ0v) is 14.3. The molecule has 1 N–H and O–H groups in total. The average Bonchev–Trinajstić information content (AvgIpc) is 2.59. The van der Waals surface area contributed by atoms with E-state index in [1.165, 1.54) is 11.8 Å². The number of thioether (sulfide) groups is 1. The Kier molecular flexibility index (Phi) is 6.67. The fourth-order valence-electron chi connectivity index (χ4n) is 1.93. The van der Waals surface area contributed by atoms with Crippen LogP contribution in [0.5, 0.6) is 0 Å². The van der Waals surface area contributed by atoms with Crippen molar-refractivity contribution in [2.75, 3.05) is 17.3 Å². The fourth-order valence-corrected chi connectivity index (χ4v) is 4.52. The monoisotopic (exact) mass is 349 g/mol. The van der Waals surface area contributed by atoms with E-state index in [1.807, 2.05) is 30.3 Å². The van der Waals surface area contributed by atoms with Crippen molar-refractivity contribution >= 4 is 27.5 Å². The third-order valence-electron chi connectivity index (χ3n) is 3.16. The second-order valence-corrected chi connectivity index (χ2v) is 8.16. The molecule has 0 saturated carbocycles. The van der Waals surface area contributed by atoms with E-state index in [0.29, 0.717) is 17.2 Å². The molecule has 0 aliphatic rings. The fraction of sp³-hybridized carbons (Fsp3) is 0.235. The molecule has 0 spiro atoms. The van der Waals surface area contributed by atoms with Crippen molar-refractivity contribution in [1.29, 1.82) is 0 Å². The number of rotatable bonds is 8. The van der Waals surface area contributed by atoms with Gasteiger partial charge in [-0.1, -0.05) is 48.5 Å². The van der Waals surface area contributed by atoms with Crippen LogP contribution in [0.1, 0.15) is 5.56 Å². The van der Waals surface area contributed by atoms with E-state index >= 15 is 0 Å². The molecular formula is C17H19NO3S2. The summed E-state index contributed by atoms with van der Waals surface area (Å²) in [4.78, 5) is 12.1. The summed E-state index contributed by atoms with van der Waals surface area (Å²) in [5.74, 6) is 0.608. The van der Waals surface area contributed by atoms with Crippen LogP contribution in [-0.2, 0) is 21.2 Å². The molecule has 0 atom stereocenters. The van der Waals surface area contributed by atoms with Crippen molar-refractivity contribution in [3.8, 4) is 0 Å². The van der Waals surface area contributed by atoms with E-state index in [2.05, 4.69) is 5.32 Å². The predicted molar refractivity (Wildman–Crippen MR) is 94.1 cm³/mol. The van der Waals surface area contributed by atoms with E-state index in [0.717, 1.165) is 5.56 Å². The van der Waals surface area contributed by atoms with Crippen molar-refractivity contribution in [1.82, 2.24) is 5.32 Å². The van der Waals surface area contributed by atoms with Gasteiger partial charge in [0, 0.05) is 12.3 Å². The molecular weight excluding hydrogens is 330 g/mol. The maximum Gasteiger partial charge on any atom is 0.230 e. The van der Waals surface area contributed by atoms with Crippen LogP contribution in [0.4, 0.5) is 0 Å². The first-order valence-corrected chi connectivity index (χ1v) is 10.0. The summed E-state index contributed by atoms with van der Waals surface area (Å²) in [6, 6.07) is 18.0. The van der Waals surface area contributed by atoms with Gasteiger partial charge in [0.2, 0.25) is 5.91 Å². The summed E-state index contributed by atoms with van der Waals surface area (Å²) in [5.41, 5.74) is 1.04. The first-order chi connectivity index (χ1) is 11.1. The van der Waals surface area contributed by atoms with Crippen LogP contribution in [0, 0.1) is 0 Å². The van der Waals surface area contributed by atoms with Crippen molar-refractivity contribution in [3.63, 3.8) is 0 Å². The Morgan fingerprint density at radius 3 is 2.22 bits per heavy atom. The average molecular weight is 349 g/mol. The third kappa shape index (κ3) is 6.08. The van der Waals surface area contributed by atoms with E-state index in [1.54, 1.807) is 30.3 Å². The highest BCUT2D eigenvalue weighted by atomic mass is 32.2. The van der Waals surface area contributed by atoms with Gasteiger partial charge in [0.25, 0.3) is 0 Å². The highest BCUT2D eigenvalue weighted by molar-refractivity contribution is 8.01. The Labute approximate surface area is 141 Å². The minimum absolute atomic E-state index is 0.0354. The van der Waals surface area contributed by atoms with Crippen molar-refractivity contribution < 1.29 is 13.2 Å². The van der Waals surface area contributed by atoms with Crippen LogP contribution >= 0.6 is 11.8 Å². The summed E-state index contributed by atoms with van der Waals surface area (Å²) < 4.78 is 24.1. The van der Waals surface area contributed by atoms with Crippen LogP contribution in [0.15, 0.2) is 65.6 Å². The van der Waals surface area contributed by atoms with Crippen LogP contribution in [0.25, 0.3) is 0 Å². The van der Waals surface area contributed by atoms with Gasteiger partial charge in [-0.2, -0.15) is 11.8 Å². The maximum absolute atomic E-state index is 12.1. The zero-order chi connectivity index (χ0) is 16.5. The number of sulfone groups is 1. The molecule has 0 saturated heterocycles. The largest absolute Gasteiger partial charge is 0.351 e. The molecule has 2 aromatic carbocycles. The van der Waals surface area contributed by atoms with Crippen molar-refractivity contribution in [3.05, 3.63) is 66.2 Å². The van der Waals surface area contributed by atoms with Gasteiger partial charge in [0.1, 0.15) is 0 Å². The lowest BCUT2D eigenvalue weighted by molar-refractivity contribution is -0.118. The molecule has 0 aromatic heterocycles. The standard InChI is InChI=1S/C17H19NO3S2/c19-17(18-13-15-7-3-1-4-8-15)14-22-11-12-23(20,21)16-9-5-2-6-10-16/h1-10H,11-14H2,(H,18,19). The minimum Gasteiger partial charge on any atom is -0.351 e. The molecule has 0 aliphatic heterocycles. The molecule has 0 aliphatic carbocycles. The Bertz CT molecular complexity index is 716. The molecule has 122 valence electrons. The lowest BCUT2D eigenvalue weighted by atomic mass is 10.2. The summed E-state index contributed by atoms with van der Waals surface area (Å²) in [7, 11) is -3.27. The lowest BCUT2D eigenvalue weighted by Crippen LogP contribution is -2.25. The number of hydrogen-bond acceptors (Lipinski definition) is 4. The highest BCUT2D eigenvalue weighted by Crippen LogP contribution is 2.12. The summed E-state index contributed by atoms with van der Waals surface area (Å²) in [6.45, 7) is 0.489. The molecule has 23 heavy (non-hydrogen) atoms. The quantitative estimate of drug-likeness (QED) is 0.744. The molecule has 0 fully saturated rings. The lowest BCUT2D eigenvalue weighted by Gasteiger charge is -2.06. The van der Waals surface area contributed by atoms with Crippen LogP contribution in [-0.4, -0.2) is 31.6 Å². The number of nitrogens with one attached hydrogen (secondary N) is 1. The molecule has 1 amide bonds. The predicted octanol–water partition coefficient (Wildman–Crippen LogP) is 2.51. The van der Waals surface area contributed by atoms with Gasteiger partial charge < -0.3 is 5.32 Å². The minimum atomic E-state index is -3.27. The van der Waals surface area contributed by atoms with Gasteiger partial charge in [-0.25, -0.2) is 8.42 Å². The molecule has 6 heteroatoms. The van der Waals surface area contributed by atoms with Gasteiger partial charge in [-0.3, -0.25) is 4.79 Å². The Hall–Kier alpha value is -1.79. The van der Waals surface area contributed by atoms with E-state index in [-0.39, 0.29) is 17.4 Å². The Balaban J connectivity index is 1.68. The maximum atomic E-state index is 12.1. The topological polar surface area (TPSA) is 63.2 Å². The highest BCUT2D eigenvalue weighted by Gasteiger charge is 2.13. The van der Waals surface area contributed by atoms with Crippen LogP contribution in [0.2, 0.25) is 0 Å². The normalized spacial score (nSPS) is 11.1. The molecule has 4 nitrogen and oxygen atoms in total. The summed E-state index contributed by atoms with van der Waals surface area (Å²) in [6.07, 6.45) is 0. The molecule has 0 unspecified atom stereocenters. The van der Waals surface area contributed by atoms with Crippen molar-refractivity contribution in [2.45, 2.75) is 11.4 Å². The number of amides is 1. The van der Waals surface area contributed by atoms with Gasteiger partial charge in [-0.05, 0) is 17.7 Å². The van der Waals surface area contributed by atoms with Crippen LogP contribution in [0.3, 0.4) is 0 Å². The van der Waals surface area contributed by atoms with Crippen molar-refractivity contribution in [2.24, 2.45) is 0 Å².